The Balaban J connectivity index is 2.28. The maximum atomic E-state index is 10.3. The highest BCUT2D eigenvalue weighted by Gasteiger charge is 2.18. The first-order valence-corrected chi connectivity index (χ1v) is 3.87. The fourth-order valence-corrected chi connectivity index (χ4v) is 1.34. The third-order valence-electron chi connectivity index (χ3n) is 1.78. The number of rotatable bonds is 2. The molecule has 0 amide bonds. The van der Waals surface area contributed by atoms with E-state index < -0.39 is 5.97 Å². The standard InChI is InChI=1S/C7H14N2O2/c1-5-3-8-4-6(9-5)2-7(10)11/h5-6,8-9H,2-4H2,1H3,(H,10,11)/t5-,6-/m0/s1. The summed E-state index contributed by atoms with van der Waals surface area (Å²) in [5.41, 5.74) is 0. The first-order chi connectivity index (χ1) is 5.18. The molecular formula is C7H14N2O2. The van der Waals surface area contributed by atoms with Gasteiger partial charge >= 0.3 is 5.97 Å². The molecule has 0 bridgehead atoms. The smallest absolute Gasteiger partial charge is 0.304 e. The SMILES string of the molecule is C[C@H]1CNC[C@H](CC(=O)O)N1. The van der Waals surface area contributed by atoms with E-state index in [4.69, 9.17) is 5.11 Å². The molecule has 4 nitrogen and oxygen atoms in total. The maximum Gasteiger partial charge on any atom is 0.304 e. The molecule has 11 heavy (non-hydrogen) atoms. The van der Waals surface area contributed by atoms with Gasteiger partial charge in [0.1, 0.15) is 0 Å². The second-order valence-corrected chi connectivity index (χ2v) is 3.02. The highest BCUT2D eigenvalue weighted by atomic mass is 16.4. The number of nitrogens with one attached hydrogen (secondary N) is 2. The van der Waals surface area contributed by atoms with Gasteiger partial charge in [0.05, 0.1) is 6.42 Å². The Morgan fingerprint density at radius 1 is 1.64 bits per heavy atom. The molecule has 2 atom stereocenters. The van der Waals surface area contributed by atoms with Gasteiger partial charge in [0, 0.05) is 25.2 Å². The summed E-state index contributed by atoms with van der Waals surface area (Å²) in [6.45, 7) is 3.73. The molecule has 1 fully saturated rings. The van der Waals surface area contributed by atoms with E-state index in [0.29, 0.717) is 6.04 Å². The number of carboxylic acids is 1. The second-order valence-electron chi connectivity index (χ2n) is 3.02. The summed E-state index contributed by atoms with van der Waals surface area (Å²) in [5.74, 6) is -0.738. The van der Waals surface area contributed by atoms with Gasteiger partial charge in [-0.2, -0.15) is 0 Å². The van der Waals surface area contributed by atoms with E-state index in [9.17, 15) is 4.79 Å². The van der Waals surface area contributed by atoms with Gasteiger partial charge in [-0.15, -0.1) is 0 Å². The van der Waals surface area contributed by atoms with Crippen molar-refractivity contribution in [2.45, 2.75) is 25.4 Å². The van der Waals surface area contributed by atoms with Gasteiger partial charge in [0.25, 0.3) is 0 Å². The number of aliphatic carboxylic acids is 1. The van der Waals surface area contributed by atoms with Gasteiger partial charge in [-0.25, -0.2) is 0 Å². The van der Waals surface area contributed by atoms with Gasteiger partial charge in [-0.1, -0.05) is 0 Å². The van der Waals surface area contributed by atoms with E-state index in [0.717, 1.165) is 13.1 Å². The molecule has 0 spiro atoms. The minimum atomic E-state index is -0.738. The maximum absolute atomic E-state index is 10.3. The quantitative estimate of drug-likeness (QED) is 0.503. The fourth-order valence-electron chi connectivity index (χ4n) is 1.34. The number of carboxylic acid groups (broad SMARTS) is 1. The third-order valence-corrected chi connectivity index (χ3v) is 1.78. The third kappa shape index (κ3) is 2.86. The number of piperazine rings is 1. The molecule has 1 aliphatic heterocycles. The first-order valence-electron chi connectivity index (χ1n) is 3.87. The van der Waals surface area contributed by atoms with Crippen LogP contribution in [0.4, 0.5) is 0 Å². The molecule has 1 heterocycles. The molecule has 3 N–H and O–H groups in total. The van der Waals surface area contributed by atoms with Crippen LogP contribution in [0, 0.1) is 0 Å². The largest absolute Gasteiger partial charge is 0.481 e. The van der Waals surface area contributed by atoms with Crippen LogP contribution in [0.5, 0.6) is 0 Å². The minimum absolute atomic E-state index is 0.0937. The van der Waals surface area contributed by atoms with Gasteiger partial charge < -0.3 is 15.7 Å². The van der Waals surface area contributed by atoms with E-state index in [1.165, 1.54) is 0 Å². The lowest BCUT2D eigenvalue weighted by atomic mass is 10.1. The lowest BCUT2D eigenvalue weighted by Crippen LogP contribution is -2.54. The molecule has 0 aromatic carbocycles. The van der Waals surface area contributed by atoms with Crippen LogP contribution in [0.1, 0.15) is 13.3 Å². The van der Waals surface area contributed by atoms with Crippen LogP contribution >= 0.6 is 0 Å². The lowest BCUT2D eigenvalue weighted by Gasteiger charge is -2.28. The number of hydrogen-bond donors (Lipinski definition) is 3. The van der Waals surface area contributed by atoms with Gasteiger partial charge in [-0.3, -0.25) is 4.79 Å². The topological polar surface area (TPSA) is 61.4 Å². The van der Waals surface area contributed by atoms with Crippen LogP contribution in [-0.2, 0) is 4.79 Å². The normalized spacial score (nSPS) is 31.7. The summed E-state index contributed by atoms with van der Waals surface area (Å²) in [4.78, 5) is 10.3. The van der Waals surface area contributed by atoms with E-state index in [1.807, 2.05) is 6.92 Å². The van der Waals surface area contributed by atoms with E-state index >= 15 is 0 Å². The molecule has 64 valence electrons. The highest BCUT2D eigenvalue weighted by molar-refractivity contribution is 5.67. The Morgan fingerprint density at radius 3 is 2.91 bits per heavy atom. The molecule has 0 unspecified atom stereocenters. The monoisotopic (exact) mass is 158 g/mol. The van der Waals surface area contributed by atoms with E-state index in [2.05, 4.69) is 10.6 Å². The molecule has 0 aromatic rings. The number of carbonyl (C=O) groups is 1. The molecule has 0 radical (unpaired) electrons. The Hall–Kier alpha value is -0.610. The van der Waals surface area contributed by atoms with Crippen LogP contribution < -0.4 is 10.6 Å². The summed E-state index contributed by atoms with van der Waals surface area (Å²) in [5, 5.41) is 14.9. The molecule has 0 saturated carbocycles. The van der Waals surface area contributed by atoms with Crippen molar-refractivity contribution in [2.24, 2.45) is 0 Å². The van der Waals surface area contributed by atoms with Crippen molar-refractivity contribution in [1.29, 1.82) is 0 Å². The predicted molar refractivity (Wildman–Crippen MR) is 41.5 cm³/mol. The van der Waals surface area contributed by atoms with Crippen molar-refractivity contribution in [2.75, 3.05) is 13.1 Å². The molecule has 1 saturated heterocycles. The summed E-state index contributed by atoms with van der Waals surface area (Å²) in [6, 6.07) is 0.476. The van der Waals surface area contributed by atoms with Gasteiger partial charge in [0.2, 0.25) is 0 Å². The minimum Gasteiger partial charge on any atom is -0.481 e. The van der Waals surface area contributed by atoms with Crippen LogP contribution in [0.2, 0.25) is 0 Å². The van der Waals surface area contributed by atoms with Gasteiger partial charge in [-0.05, 0) is 6.92 Å². The predicted octanol–water partition coefficient (Wildman–Crippen LogP) is -0.589. The Labute approximate surface area is 66.0 Å². The van der Waals surface area contributed by atoms with Crippen molar-refractivity contribution in [3.05, 3.63) is 0 Å². The molecule has 0 aliphatic carbocycles. The van der Waals surface area contributed by atoms with Crippen molar-refractivity contribution in [3.63, 3.8) is 0 Å². The first kappa shape index (κ1) is 8.49. The Morgan fingerprint density at radius 2 is 2.36 bits per heavy atom. The average Bonchev–Trinajstić information content (AvgIpc) is 1.85. The zero-order chi connectivity index (χ0) is 8.27. The lowest BCUT2D eigenvalue weighted by molar-refractivity contribution is -0.137. The van der Waals surface area contributed by atoms with Crippen molar-refractivity contribution >= 4 is 5.97 Å². The second kappa shape index (κ2) is 3.69. The van der Waals surface area contributed by atoms with Crippen LogP contribution in [-0.4, -0.2) is 36.2 Å². The molecule has 4 heteroatoms. The Kier molecular flexibility index (Phi) is 2.84. The van der Waals surface area contributed by atoms with E-state index in [-0.39, 0.29) is 12.5 Å². The molecule has 0 aromatic heterocycles. The zero-order valence-electron chi connectivity index (χ0n) is 6.63. The highest BCUT2D eigenvalue weighted by Crippen LogP contribution is 1.97. The summed E-state index contributed by atoms with van der Waals surface area (Å²) >= 11 is 0. The van der Waals surface area contributed by atoms with Crippen LogP contribution in [0.15, 0.2) is 0 Å². The van der Waals surface area contributed by atoms with Crippen molar-refractivity contribution in [3.8, 4) is 0 Å². The van der Waals surface area contributed by atoms with Crippen molar-refractivity contribution < 1.29 is 9.90 Å². The average molecular weight is 158 g/mol. The summed E-state index contributed by atoms with van der Waals surface area (Å²) in [7, 11) is 0. The van der Waals surface area contributed by atoms with Crippen molar-refractivity contribution in [1.82, 2.24) is 10.6 Å². The molecule has 1 aliphatic rings. The molecule has 1 rings (SSSR count). The number of hydrogen-bond acceptors (Lipinski definition) is 3. The van der Waals surface area contributed by atoms with Gasteiger partial charge in [0.15, 0.2) is 0 Å². The summed E-state index contributed by atoms with van der Waals surface area (Å²) in [6.07, 6.45) is 0.206. The van der Waals surface area contributed by atoms with E-state index in [1.54, 1.807) is 0 Å². The van der Waals surface area contributed by atoms with Crippen LogP contribution in [0.25, 0.3) is 0 Å². The molecular weight excluding hydrogens is 144 g/mol. The Bertz CT molecular complexity index is 149. The zero-order valence-corrected chi connectivity index (χ0v) is 6.63. The van der Waals surface area contributed by atoms with Crippen LogP contribution in [0.3, 0.4) is 0 Å². The fraction of sp³-hybridized carbons (Fsp3) is 0.857. The summed E-state index contributed by atoms with van der Waals surface area (Å²) < 4.78 is 0.